The predicted octanol–water partition coefficient (Wildman–Crippen LogP) is 1.99. The number of nitrogens with two attached hydrogens (primary N) is 1. The lowest BCUT2D eigenvalue weighted by molar-refractivity contribution is 0.507. The maximum atomic E-state index is 5.86. The summed E-state index contributed by atoms with van der Waals surface area (Å²) in [7, 11) is 0. The topological polar surface area (TPSA) is 55.9 Å². The molecule has 1 aromatic heterocycles. The number of rotatable bonds is 7. The second kappa shape index (κ2) is 6.71. The summed E-state index contributed by atoms with van der Waals surface area (Å²) in [6.07, 6.45) is 11.2. The highest BCUT2D eigenvalue weighted by molar-refractivity contribution is 5.09. The molecular weight excluding hydrogens is 224 g/mol. The number of hydrogen-bond acceptors (Lipinski definition) is 3. The third-order valence-electron chi connectivity index (χ3n) is 3.65. The lowest BCUT2D eigenvalue weighted by Crippen LogP contribution is -2.30. The van der Waals surface area contributed by atoms with E-state index >= 15 is 0 Å². The minimum absolute atomic E-state index is 0.217. The molecule has 0 aliphatic heterocycles. The van der Waals surface area contributed by atoms with Gasteiger partial charge in [0.25, 0.3) is 0 Å². The van der Waals surface area contributed by atoms with E-state index in [0.29, 0.717) is 6.54 Å². The van der Waals surface area contributed by atoms with Crippen LogP contribution in [0.25, 0.3) is 0 Å². The van der Waals surface area contributed by atoms with Crippen molar-refractivity contribution in [3.05, 3.63) is 29.9 Å². The molecule has 2 rings (SSSR count). The summed E-state index contributed by atoms with van der Waals surface area (Å²) in [6.45, 7) is 4.69. The molecule has 0 saturated carbocycles. The molecule has 4 nitrogen and oxygen atoms in total. The number of allylic oxidation sites excluding steroid dienone is 1. The van der Waals surface area contributed by atoms with Crippen LogP contribution in [-0.4, -0.2) is 22.6 Å². The smallest absolute Gasteiger partial charge is 0.0948 e. The highest BCUT2D eigenvalue weighted by atomic mass is 15.1. The van der Waals surface area contributed by atoms with Gasteiger partial charge in [0.05, 0.1) is 18.1 Å². The van der Waals surface area contributed by atoms with E-state index in [1.54, 1.807) is 5.57 Å². The van der Waals surface area contributed by atoms with Gasteiger partial charge in [-0.05, 0) is 39.2 Å². The minimum Gasteiger partial charge on any atom is -0.333 e. The third kappa shape index (κ3) is 3.21. The highest BCUT2D eigenvalue weighted by Crippen LogP contribution is 2.20. The molecule has 0 spiro atoms. The summed E-state index contributed by atoms with van der Waals surface area (Å²) in [6, 6.07) is 0.217. The van der Waals surface area contributed by atoms with E-state index in [1.807, 2.05) is 12.5 Å². The monoisotopic (exact) mass is 248 g/mol. The van der Waals surface area contributed by atoms with Crippen molar-refractivity contribution < 1.29 is 0 Å². The zero-order valence-electron chi connectivity index (χ0n) is 11.2. The van der Waals surface area contributed by atoms with Crippen molar-refractivity contribution in [2.24, 2.45) is 5.73 Å². The molecule has 0 saturated heterocycles. The highest BCUT2D eigenvalue weighted by Gasteiger charge is 2.13. The summed E-state index contributed by atoms with van der Waals surface area (Å²) in [5, 5.41) is 3.55. The van der Waals surface area contributed by atoms with Crippen LogP contribution in [0.15, 0.2) is 24.2 Å². The van der Waals surface area contributed by atoms with Crippen LogP contribution in [-0.2, 0) is 6.54 Å². The van der Waals surface area contributed by atoms with Gasteiger partial charge in [0, 0.05) is 19.3 Å². The lowest BCUT2D eigenvalue weighted by atomic mass is 10.1. The molecule has 1 aromatic rings. The second-order valence-corrected chi connectivity index (χ2v) is 4.85. The van der Waals surface area contributed by atoms with E-state index in [1.165, 1.54) is 25.0 Å². The standard InChI is InChI=1S/C14H24N4/c1-2-18-11-16-10-14(18)13(9-15)17-8-7-12-5-3-4-6-12/h5,10-11,13,17H,2-4,6-9,15H2,1H3. The van der Waals surface area contributed by atoms with Crippen LogP contribution >= 0.6 is 0 Å². The summed E-state index contributed by atoms with van der Waals surface area (Å²) in [4.78, 5) is 4.20. The molecule has 100 valence electrons. The van der Waals surface area contributed by atoms with Crippen molar-refractivity contribution in [2.75, 3.05) is 13.1 Å². The Balaban J connectivity index is 1.85. The number of nitrogens with zero attached hydrogens (tertiary/aromatic N) is 2. The van der Waals surface area contributed by atoms with Gasteiger partial charge >= 0.3 is 0 Å². The van der Waals surface area contributed by atoms with Crippen molar-refractivity contribution >= 4 is 0 Å². The van der Waals surface area contributed by atoms with E-state index in [9.17, 15) is 0 Å². The molecule has 1 atom stereocenters. The first-order valence-electron chi connectivity index (χ1n) is 6.96. The molecule has 0 aromatic carbocycles. The van der Waals surface area contributed by atoms with Crippen molar-refractivity contribution in [2.45, 2.75) is 45.2 Å². The van der Waals surface area contributed by atoms with Crippen molar-refractivity contribution in [1.82, 2.24) is 14.9 Å². The second-order valence-electron chi connectivity index (χ2n) is 4.85. The molecule has 0 radical (unpaired) electrons. The maximum absolute atomic E-state index is 5.86. The minimum atomic E-state index is 0.217. The van der Waals surface area contributed by atoms with E-state index in [2.05, 4.69) is 27.9 Å². The van der Waals surface area contributed by atoms with Gasteiger partial charge in [-0.2, -0.15) is 0 Å². The first-order valence-corrected chi connectivity index (χ1v) is 6.96. The molecule has 1 aliphatic carbocycles. The number of aromatic nitrogens is 2. The van der Waals surface area contributed by atoms with Crippen LogP contribution in [0.3, 0.4) is 0 Å². The molecule has 3 N–H and O–H groups in total. The fourth-order valence-corrected chi connectivity index (χ4v) is 2.57. The molecule has 0 fully saturated rings. The van der Waals surface area contributed by atoms with Gasteiger partial charge in [0.1, 0.15) is 0 Å². The maximum Gasteiger partial charge on any atom is 0.0948 e. The van der Waals surface area contributed by atoms with E-state index < -0.39 is 0 Å². The normalized spacial score (nSPS) is 16.9. The van der Waals surface area contributed by atoms with E-state index in [-0.39, 0.29) is 6.04 Å². The Morgan fingerprint density at radius 2 is 2.44 bits per heavy atom. The van der Waals surface area contributed by atoms with Crippen LogP contribution in [0.1, 0.15) is 44.3 Å². The summed E-state index contributed by atoms with van der Waals surface area (Å²) in [5.41, 5.74) is 8.66. The molecule has 18 heavy (non-hydrogen) atoms. The Morgan fingerprint density at radius 1 is 1.56 bits per heavy atom. The van der Waals surface area contributed by atoms with Gasteiger partial charge in [-0.25, -0.2) is 4.98 Å². The Morgan fingerprint density at radius 3 is 3.11 bits per heavy atom. The molecule has 0 amide bonds. The average Bonchev–Trinajstić information content (AvgIpc) is 3.05. The average molecular weight is 248 g/mol. The van der Waals surface area contributed by atoms with Crippen LogP contribution < -0.4 is 11.1 Å². The van der Waals surface area contributed by atoms with Gasteiger partial charge in [-0.3, -0.25) is 0 Å². The fourth-order valence-electron chi connectivity index (χ4n) is 2.57. The molecule has 1 aliphatic rings. The molecule has 0 bridgehead atoms. The van der Waals surface area contributed by atoms with Crippen molar-refractivity contribution in [3.8, 4) is 0 Å². The van der Waals surface area contributed by atoms with Gasteiger partial charge in [0.2, 0.25) is 0 Å². The third-order valence-corrected chi connectivity index (χ3v) is 3.65. The van der Waals surface area contributed by atoms with Gasteiger partial charge in [-0.1, -0.05) is 11.6 Å². The lowest BCUT2D eigenvalue weighted by Gasteiger charge is -2.18. The Hall–Kier alpha value is -1.13. The number of hydrogen-bond donors (Lipinski definition) is 2. The number of imidazole rings is 1. The predicted molar refractivity (Wildman–Crippen MR) is 74.3 cm³/mol. The van der Waals surface area contributed by atoms with Crippen LogP contribution in [0.4, 0.5) is 0 Å². The van der Waals surface area contributed by atoms with Crippen LogP contribution in [0.2, 0.25) is 0 Å². The first kappa shape index (κ1) is 13.3. The number of aryl methyl sites for hydroxylation is 1. The number of nitrogens with one attached hydrogen (secondary N) is 1. The SMILES string of the molecule is CCn1cncc1C(CN)NCCC1=CCCC1. The largest absolute Gasteiger partial charge is 0.333 e. The van der Waals surface area contributed by atoms with E-state index in [4.69, 9.17) is 5.73 Å². The summed E-state index contributed by atoms with van der Waals surface area (Å²) < 4.78 is 2.15. The van der Waals surface area contributed by atoms with Gasteiger partial charge in [-0.15, -0.1) is 0 Å². The molecular formula is C14H24N4. The molecule has 4 heteroatoms. The summed E-state index contributed by atoms with van der Waals surface area (Å²) >= 11 is 0. The Bertz CT molecular complexity index is 394. The first-order chi connectivity index (χ1) is 8.85. The Labute approximate surface area is 109 Å². The molecule has 1 heterocycles. The van der Waals surface area contributed by atoms with Crippen LogP contribution in [0, 0.1) is 0 Å². The summed E-state index contributed by atoms with van der Waals surface area (Å²) in [5.74, 6) is 0. The fraction of sp³-hybridized carbons (Fsp3) is 0.643. The van der Waals surface area contributed by atoms with Crippen LogP contribution in [0.5, 0.6) is 0 Å². The van der Waals surface area contributed by atoms with Gasteiger partial charge in [0.15, 0.2) is 0 Å². The molecule has 1 unspecified atom stereocenters. The van der Waals surface area contributed by atoms with Crippen molar-refractivity contribution in [3.63, 3.8) is 0 Å². The van der Waals surface area contributed by atoms with Crippen molar-refractivity contribution in [1.29, 1.82) is 0 Å². The zero-order chi connectivity index (χ0) is 12.8. The zero-order valence-corrected chi connectivity index (χ0v) is 11.2. The van der Waals surface area contributed by atoms with Gasteiger partial charge < -0.3 is 15.6 Å². The quantitative estimate of drug-likeness (QED) is 0.726. The Kier molecular flexibility index (Phi) is 4.96. The van der Waals surface area contributed by atoms with E-state index in [0.717, 1.165) is 19.5 Å².